The third-order valence-electron chi connectivity index (χ3n) is 3.41. The van der Waals surface area contributed by atoms with Gasteiger partial charge < -0.3 is 15.6 Å². The highest BCUT2D eigenvalue weighted by Gasteiger charge is 2.18. The molecule has 0 bridgehead atoms. The van der Waals surface area contributed by atoms with Gasteiger partial charge in [0.2, 0.25) is 5.95 Å². The highest BCUT2D eigenvalue weighted by molar-refractivity contribution is 7.89. The topological polar surface area (TPSA) is 130 Å². The number of halogens is 2. The van der Waals surface area contributed by atoms with Crippen molar-refractivity contribution < 1.29 is 9.35 Å². The lowest BCUT2D eigenvalue weighted by Crippen LogP contribution is -2.31. The first-order valence-electron chi connectivity index (χ1n) is 7.28. The van der Waals surface area contributed by atoms with Crippen molar-refractivity contribution in [2.24, 2.45) is 5.14 Å². The van der Waals surface area contributed by atoms with E-state index in [1.165, 1.54) is 11.3 Å². The van der Waals surface area contributed by atoms with E-state index in [0.717, 1.165) is 0 Å². The Hall–Kier alpha value is -1.62. The minimum Gasteiger partial charge on any atom is -0.598 e. The molecular formula is C15H13Cl2N5O2S2. The van der Waals surface area contributed by atoms with Crippen molar-refractivity contribution in [1.82, 2.24) is 15.3 Å². The van der Waals surface area contributed by atoms with Crippen molar-refractivity contribution in [3.63, 3.8) is 0 Å². The van der Waals surface area contributed by atoms with E-state index < -0.39 is 11.4 Å². The number of hydrogen-bond donors (Lipinski definition) is 3. The first-order valence-corrected chi connectivity index (χ1v) is 10.2. The molecule has 1 unspecified atom stereocenters. The number of hydrogen-bond acceptors (Lipinski definition) is 7. The minimum atomic E-state index is -1.47. The van der Waals surface area contributed by atoms with Gasteiger partial charge in [-0.2, -0.15) is 5.14 Å². The maximum absolute atomic E-state index is 12.3. The number of carbonyl (C=O) groups is 1. The lowest BCUT2D eigenvalue weighted by atomic mass is 10.1. The van der Waals surface area contributed by atoms with E-state index in [1.54, 1.807) is 24.3 Å². The summed E-state index contributed by atoms with van der Waals surface area (Å²) in [6.07, 6.45) is 0. The number of carbonyl (C=O) groups excluding carboxylic acids is 1. The Morgan fingerprint density at radius 3 is 2.77 bits per heavy atom. The number of rotatable bonds is 5. The first-order chi connectivity index (χ1) is 12.3. The quantitative estimate of drug-likeness (QED) is 0.534. The number of amides is 1. The summed E-state index contributed by atoms with van der Waals surface area (Å²) in [6.45, 7) is 0.208. The predicted octanol–water partition coefficient (Wildman–Crippen LogP) is 2.60. The van der Waals surface area contributed by atoms with Gasteiger partial charge in [-0.15, -0.1) is 11.3 Å². The summed E-state index contributed by atoms with van der Waals surface area (Å²) in [5.41, 5.74) is 6.97. The molecule has 7 nitrogen and oxygen atoms in total. The fourth-order valence-corrected chi connectivity index (χ4v) is 4.04. The molecule has 3 aromatic rings. The number of nitrogens with two attached hydrogens (primary N) is 2. The molecule has 11 heteroatoms. The van der Waals surface area contributed by atoms with Gasteiger partial charge in [-0.05, 0) is 24.3 Å². The smallest absolute Gasteiger partial charge is 0.261 e. The Labute approximate surface area is 166 Å². The van der Waals surface area contributed by atoms with E-state index in [1.807, 2.05) is 0 Å². The molecule has 1 amide bonds. The maximum atomic E-state index is 12.3. The summed E-state index contributed by atoms with van der Waals surface area (Å²) in [5, 5.41) is 9.40. The largest absolute Gasteiger partial charge is 0.598 e. The van der Waals surface area contributed by atoms with Crippen molar-refractivity contribution in [3.05, 3.63) is 39.2 Å². The normalized spacial score (nSPS) is 12.3. The van der Waals surface area contributed by atoms with Gasteiger partial charge in [0.1, 0.15) is 10.6 Å². The summed E-state index contributed by atoms with van der Waals surface area (Å²) in [5.74, 6) is -0.0642. The van der Waals surface area contributed by atoms with Crippen LogP contribution >= 0.6 is 34.5 Å². The lowest BCUT2D eigenvalue weighted by molar-refractivity contribution is 0.0960. The van der Waals surface area contributed by atoms with Crippen LogP contribution in [0.2, 0.25) is 10.0 Å². The molecule has 0 radical (unpaired) electrons. The van der Waals surface area contributed by atoms with Crippen LogP contribution in [0.3, 0.4) is 0 Å². The molecule has 2 aromatic heterocycles. The molecule has 0 fully saturated rings. The van der Waals surface area contributed by atoms with E-state index in [9.17, 15) is 9.35 Å². The van der Waals surface area contributed by atoms with Gasteiger partial charge in [-0.25, -0.2) is 9.97 Å². The van der Waals surface area contributed by atoms with E-state index in [2.05, 4.69) is 15.3 Å². The van der Waals surface area contributed by atoms with Crippen LogP contribution in [-0.4, -0.2) is 32.7 Å². The van der Waals surface area contributed by atoms with Crippen molar-refractivity contribution in [3.8, 4) is 11.3 Å². The zero-order valence-corrected chi connectivity index (χ0v) is 16.3. The molecule has 2 heterocycles. The van der Waals surface area contributed by atoms with Crippen molar-refractivity contribution in [2.45, 2.75) is 0 Å². The maximum Gasteiger partial charge on any atom is 0.261 e. The molecule has 0 aliphatic carbocycles. The molecule has 0 saturated heterocycles. The molecule has 3 rings (SSSR count). The third-order valence-corrected chi connectivity index (χ3v) is 5.59. The van der Waals surface area contributed by atoms with Crippen LogP contribution in [0.5, 0.6) is 0 Å². The zero-order valence-electron chi connectivity index (χ0n) is 13.2. The van der Waals surface area contributed by atoms with Gasteiger partial charge in [-0.1, -0.05) is 23.2 Å². The highest BCUT2D eigenvalue weighted by atomic mass is 35.5. The van der Waals surface area contributed by atoms with Gasteiger partial charge >= 0.3 is 0 Å². The molecule has 1 atom stereocenters. The molecule has 0 saturated carbocycles. The lowest BCUT2D eigenvalue weighted by Gasteiger charge is -2.06. The predicted molar refractivity (Wildman–Crippen MR) is 107 cm³/mol. The van der Waals surface area contributed by atoms with E-state index >= 15 is 0 Å². The standard InChI is InChI=1S/C15H13Cl2N5O2S2/c16-7-1-2-8(10(17)5-7)12-9-6-11(13(23)20-3-4-26(19)24)25-14(9)22-15(18)21-12/h1-2,5-6H,3-4,19H2,(H,20,23)(H2,18,21,22). The fourth-order valence-electron chi connectivity index (χ4n) is 2.29. The summed E-state index contributed by atoms with van der Waals surface area (Å²) in [7, 11) is 0. The number of nitrogens with zero attached hydrogens (tertiary/aromatic N) is 2. The number of nitrogens with one attached hydrogen (secondary N) is 1. The second-order valence-corrected chi connectivity index (χ2v) is 8.27. The van der Waals surface area contributed by atoms with Crippen LogP contribution < -0.4 is 16.2 Å². The van der Waals surface area contributed by atoms with Crippen LogP contribution in [-0.2, 0) is 11.4 Å². The van der Waals surface area contributed by atoms with Gasteiger partial charge in [-0.3, -0.25) is 4.79 Å². The first kappa shape index (κ1) is 19.2. The van der Waals surface area contributed by atoms with E-state index in [0.29, 0.717) is 36.4 Å². The van der Waals surface area contributed by atoms with Crippen molar-refractivity contribution >= 4 is 68.0 Å². The number of thiophene rings is 1. The summed E-state index contributed by atoms with van der Waals surface area (Å²) >= 11 is 11.9. The number of anilines is 1. The summed E-state index contributed by atoms with van der Waals surface area (Å²) in [4.78, 5) is 21.7. The van der Waals surface area contributed by atoms with E-state index in [-0.39, 0.29) is 24.2 Å². The number of aromatic nitrogens is 2. The average Bonchev–Trinajstić information content (AvgIpc) is 2.97. The Morgan fingerprint density at radius 1 is 1.31 bits per heavy atom. The van der Waals surface area contributed by atoms with E-state index in [4.69, 9.17) is 34.1 Å². The summed E-state index contributed by atoms with van der Waals surface area (Å²) < 4.78 is 10.9. The molecule has 5 N–H and O–H groups in total. The van der Waals surface area contributed by atoms with Crippen LogP contribution in [0.1, 0.15) is 9.67 Å². The van der Waals surface area contributed by atoms with Gasteiger partial charge in [0.05, 0.1) is 22.1 Å². The second-order valence-electron chi connectivity index (χ2n) is 5.22. The van der Waals surface area contributed by atoms with Gasteiger partial charge in [0.15, 0.2) is 0 Å². The van der Waals surface area contributed by atoms with Gasteiger partial charge in [0, 0.05) is 27.3 Å². The fraction of sp³-hybridized carbons (Fsp3) is 0.133. The molecule has 1 aromatic carbocycles. The molecule has 136 valence electrons. The Bertz CT molecular complexity index is 980. The Morgan fingerprint density at radius 2 is 2.08 bits per heavy atom. The average molecular weight is 430 g/mol. The number of benzene rings is 1. The van der Waals surface area contributed by atoms with Crippen molar-refractivity contribution in [2.75, 3.05) is 18.0 Å². The summed E-state index contributed by atoms with van der Waals surface area (Å²) in [6, 6.07) is 6.71. The number of nitrogen functional groups attached to an aromatic ring is 1. The Kier molecular flexibility index (Phi) is 5.86. The second kappa shape index (κ2) is 7.95. The van der Waals surface area contributed by atoms with Crippen molar-refractivity contribution in [1.29, 1.82) is 0 Å². The van der Waals surface area contributed by atoms with Crippen LogP contribution in [0.4, 0.5) is 5.95 Å². The molecule has 0 spiro atoms. The third kappa shape index (κ3) is 4.20. The van der Waals surface area contributed by atoms with Crippen LogP contribution in [0, 0.1) is 0 Å². The molecule has 0 aliphatic heterocycles. The SMILES string of the molecule is Nc1nc(-c2ccc(Cl)cc2Cl)c2cc(C(=O)NCC[S+](N)[O-])sc2n1. The molecular weight excluding hydrogens is 417 g/mol. The van der Waals surface area contributed by atoms with Crippen LogP contribution in [0.15, 0.2) is 24.3 Å². The van der Waals surface area contributed by atoms with Gasteiger partial charge in [0.25, 0.3) is 5.91 Å². The number of fused-ring (bicyclic) bond motifs is 1. The molecule has 26 heavy (non-hydrogen) atoms. The van der Waals surface area contributed by atoms with Crippen LogP contribution in [0.25, 0.3) is 21.5 Å². The zero-order chi connectivity index (χ0) is 18.8. The molecule has 0 aliphatic rings. The Balaban J connectivity index is 2.00. The monoisotopic (exact) mass is 429 g/mol. The highest BCUT2D eigenvalue weighted by Crippen LogP contribution is 2.36. The minimum absolute atomic E-state index is 0.0749.